The second-order valence-corrected chi connectivity index (χ2v) is 6.94. The number of allylic oxidation sites excluding steroid dienone is 1. The van der Waals surface area contributed by atoms with Gasteiger partial charge < -0.3 is 15.2 Å². The molecule has 2 aromatic heterocycles. The van der Waals surface area contributed by atoms with Crippen molar-refractivity contribution in [1.29, 1.82) is 0 Å². The van der Waals surface area contributed by atoms with Gasteiger partial charge in [0.05, 0.1) is 17.6 Å². The minimum atomic E-state index is -0.955. The van der Waals surface area contributed by atoms with Crippen LogP contribution in [0, 0.1) is 0 Å². The number of aromatic carboxylic acids is 1. The van der Waals surface area contributed by atoms with Crippen LogP contribution in [0.25, 0.3) is 10.7 Å². The number of rotatable bonds is 8. The monoisotopic (exact) mass is 395 g/mol. The van der Waals surface area contributed by atoms with E-state index in [9.17, 15) is 4.79 Å². The van der Waals surface area contributed by atoms with E-state index < -0.39 is 5.97 Å². The van der Waals surface area contributed by atoms with Gasteiger partial charge in [0.1, 0.15) is 11.6 Å². The summed E-state index contributed by atoms with van der Waals surface area (Å²) in [5.41, 5.74) is 2.92. The molecule has 0 bridgehead atoms. The molecule has 0 aliphatic heterocycles. The average Bonchev–Trinajstić information content (AvgIpc) is 3.19. The van der Waals surface area contributed by atoms with Gasteiger partial charge in [-0.05, 0) is 37.1 Å². The molecule has 144 valence electrons. The number of benzene rings is 1. The van der Waals surface area contributed by atoms with Crippen molar-refractivity contribution in [1.82, 2.24) is 9.97 Å². The molecule has 0 saturated heterocycles. The third kappa shape index (κ3) is 4.20. The first kappa shape index (κ1) is 19.6. The zero-order valence-corrected chi connectivity index (χ0v) is 16.5. The van der Waals surface area contributed by atoms with Crippen molar-refractivity contribution in [3.63, 3.8) is 0 Å². The quantitative estimate of drug-likeness (QED) is 0.525. The van der Waals surface area contributed by atoms with Crippen molar-refractivity contribution in [2.24, 2.45) is 0 Å². The fraction of sp³-hybridized carbons (Fsp3) is 0.190. The Hall–Kier alpha value is -3.19. The van der Waals surface area contributed by atoms with Crippen molar-refractivity contribution in [3.05, 3.63) is 65.2 Å². The summed E-state index contributed by atoms with van der Waals surface area (Å²) in [5, 5.41) is 14.3. The Bertz CT molecular complexity index is 997. The largest absolute Gasteiger partial charge is 0.496 e. The summed E-state index contributed by atoms with van der Waals surface area (Å²) >= 11 is 1.52. The van der Waals surface area contributed by atoms with E-state index in [1.165, 1.54) is 11.3 Å². The SMILES string of the molecule is C=CCc1c(CC)nc(-c2cc(OC)cs2)nc1Nc1ccc(C(=O)O)cc1. The van der Waals surface area contributed by atoms with Gasteiger partial charge in [0.2, 0.25) is 0 Å². The lowest BCUT2D eigenvalue weighted by molar-refractivity contribution is 0.0697. The van der Waals surface area contributed by atoms with Gasteiger partial charge in [0.15, 0.2) is 5.82 Å². The number of carboxylic acid groups (broad SMARTS) is 1. The number of thiophene rings is 1. The zero-order chi connectivity index (χ0) is 20.1. The van der Waals surface area contributed by atoms with E-state index in [-0.39, 0.29) is 5.56 Å². The first-order chi connectivity index (χ1) is 13.5. The number of ether oxygens (including phenoxy) is 1. The van der Waals surface area contributed by atoms with Gasteiger partial charge in [-0.3, -0.25) is 0 Å². The summed E-state index contributed by atoms with van der Waals surface area (Å²) in [6.45, 7) is 5.90. The maximum atomic E-state index is 11.1. The Labute approximate surface area is 167 Å². The van der Waals surface area contributed by atoms with Crippen molar-refractivity contribution in [2.75, 3.05) is 12.4 Å². The first-order valence-corrected chi connectivity index (χ1v) is 9.67. The number of nitrogens with zero attached hydrogens (tertiary/aromatic N) is 2. The van der Waals surface area contributed by atoms with Crippen LogP contribution in [0.15, 0.2) is 48.4 Å². The zero-order valence-electron chi connectivity index (χ0n) is 15.7. The van der Waals surface area contributed by atoms with Gasteiger partial charge in [-0.1, -0.05) is 13.0 Å². The van der Waals surface area contributed by atoms with E-state index in [1.54, 1.807) is 31.4 Å². The van der Waals surface area contributed by atoms with E-state index in [1.807, 2.05) is 17.5 Å². The first-order valence-electron chi connectivity index (χ1n) is 8.79. The van der Waals surface area contributed by atoms with Crippen LogP contribution in [-0.4, -0.2) is 28.2 Å². The second-order valence-electron chi connectivity index (χ2n) is 6.03. The summed E-state index contributed by atoms with van der Waals surface area (Å²) in [6, 6.07) is 8.49. The lowest BCUT2D eigenvalue weighted by Crippen LogP contribution is -2.07. The summed E-state index contributed by atoms with van der Waals surface area (Å²) in [5.74, 6) is 1.14. The molecule has 3 aromatic rings. The number of hydrogen-bond acceptors (Lipinski definition) is 6. The Morgan fingerprint density at radius 2 is 2.07 bits per heavy atom. The molecule has 28 heavy (non-hydrogen) atoms. The van der Waals surface area contributed by atoms with Crippen molar-refractivity contribution in [2.45, 2.75) is 19.8 Å². The number of hydrogen-bond donors (Lipinski definition) is 2. The smallest absolute Gasteiger partial charge is 0.335 e. The lowest BCUT2D eigenvalue weighted by Gasteiger charge is -2.15. The van der Waals surface area contributed by atoms with E-state index in [0.717, 1.165) is 34.0 Å². The highest BCUT2D eigenvalue weighted by Crippen LogP contribution is 2.32. The highest BCUT2D eigenvalue weighted by atomic mass is 32.1. The van der Waals surface area contributed by atoms with Crippen molar-refractivity contribution in [3.8, 4) is 16.5 Å². The molecule has 6 nitrogen and oxygen atoms in total. The van der Waals surface area contributed by atoms with Crippen LogP contribution < -0.4 is 10.1 Å². The van der Waals surface area contributed by atoms with Gasteiger partial charge in [0.25, 0.3) is 0 Å². The predicted octanol–water partition coefficient (Wildman–Crippen LogP) is 4.95. The Kier molecular flexibility index (Phi) is 6.06. The number of aromatic nitrogens is 2. The molecule has 0 amide bonds. The number of nitrogens with one attached hydrogen (secondary N) is 1. The molecular weight excluding hydrogens is 374 g/mol. The fourth-order valence-electron chi connectivity index (χ4n) is 2.77. The molecule has 0 unspecified atom stereocenters. The van der Waals surface area contributed by atoms with Crippen molar-refractivity contribution < 1.29 is 14.6 Å². The minimum Gasteiger partial charge on any atom is -0.496 e. The third-order valence-electron chi connectivity index (χ3n) is 4.20. The number of anilines is 2. The maximum Gasteiger partial charge on any atom is 0.335 e. The summed E-state index contributed by atoms with van der Waals surface area (Å²) in [7, 11) is 1.63. The number of carbonyl (C=O) groups is 1. The number of methoxy groups -OCH3 is 1. The van der Waals surface area contributed by atoms with Crippen LogP contribution in [-0.2, 0) is 12.8 Å². The van der Waals surface area contributed by atoms with Gasteiger partial charge in [0, 0.05) is 28.4 Å². The third-order valence-corrected chi connectivity index (χ3v) is 5.11. The molecule has 2 heterocycles. The minimum absolute atomic E-state index is 0.236. The second kappa shape index (κ2) is 8.67. The summed E-state index contributed by atoms with van der Waals surface area (Å²) in [6.07, 6.45) is 3.21. The topological polar surface area (TPSA) is 84.3 Å². The van der Waals surface area contributed by atoms with Crippen LogP contribution in [0.5, 0.6) is 5.75 Å². The van der Waals surface area contributed by atoms with Gasteiger partial charge in [-0.25, -0.2) is 14.8 Å². The molecule has 1 aromatic carbocycles. The van der Waals surface area contributed by atoms with E-state index in [4.69, 9.17) is 19.8 Å². The standard InChI is InChI=1S/C21H21N3O3S/c1-4-6-16-17(5-2)23-20(18-11-15(27-3)12-28-18)24-19(16)22-14-9-7-13(8-10-14)21(25)26/h4,7-12H,1,5-6H2,2-3H3,(H,25,26)(H,22,23,24). The summed E-state index contributed by atoms with van der Waals surface area (Å²) in [4.78, 5) is 21.5. The molecule has 0 aliphatic carbocycles. The molecule has 7 heteroatoms. The molecular formula is C21H21N3O3S. The van der Waals surface area contributed by atoms with Crippen LogP contribution >= 0.6 is 11.3 Å². The maximum absolute atomic E-state index is 11.1. The predicted molar refractivity (Wildman–Crippen MR) is 112 cm³/mol. The van der Waals surface area contributed by atoms with Crippen LogP contribution in [0.2, 0.25) is 0 Å². The molecule has 0 fully saturated rings. The Balaban J connectivity index is 2.04. The molecule has 0 saturated carbocycles. The van der Waals surface area contributed by atoms with Gasteiger partial charge in [-0.2, -0.15) is 0 Å². The number of carboxylic acids is 1. The molecule has 2 N–H and O–H groups in total. The average molecular weight is 395 g/mol. The van der Waals surface area contributed by atoms with Gasteiger partial charge >= 0.3 is 5.97 Å². The van der Waals surface area contributed by atoms with E-state index in [0.29, 0.717) is 18.1 Å². The Morgan fingerprint density at radius 3 is 2.64 bits per heavy atom. The van der Waals surface area contributed by atoms with E-state index in [2.05, 4.69) is 18.8 Å². The molecule has 0 atom stereocenters. The fourth-order valence-corrected chi connectivity index (χ4v) is 3.56. The molecule has 0 spiro atoms. The molecule has 0 aliphatic rings. The lowest BCUT2D eigenvalue weighted by atomic mass is 10.1. The van der Waals surface area contributed by atoms with Crippen LogP contribution in [0.3, 0.4) is 0 Å². The normalized spacial score (nSPS) is 10.5. The van der Waals surface area contributed by atoms with Gasteiger partial charge in [-0.15, -0.1) is 17.9 Å². The summed E-state index contributed by atoms with van der Waals surface area (Å²) < 4.78 is 5.27. The van der Waals surface area contributed by atoms with Crippen LogP contribution in [0.4, 0.5) is 11.5 Å². The van der Waals surface area contributed by atoms with Crippen LogP contribution in [0.1, 0.15) is 28.5 Å². The Morgan fingerprint density at radius 1 is 1.32 bits per heavy atom. The van der Waals surface area contributed by atoms with E-state index >= 15 is 0 Å². The number of aryl methyl sites for hydroxylation is 1. The van der Waals surface area contributed by atoms with Crippen molar-refractivity contribution >= 4 is 28.8 Å². The highest BCUT2D eigenvalue weighted by molar-refractivity contribution is 7.13. The molecule has 3 rings (SSSR count). The highest BCUT2D eigenvalue weighted by Gasteiger charge is 2.16. The molecule has 0 radical (unpaired) electrons.